The molecule has 2 aliphatic heterocycles. The summed E-state index contributed by atoms with van der Waals surface area (Å²) in [7, 11) is 0. The third-order valence-electron chi connectivity index (χ3n) is 7.53. The highest BCUT2D eigenvalue weighted by Crippen LogP contribution is 2.38. The number of piperazine rings is 1. The largest absolute Gasteiger partial charge is 0.366 e. The number of hydrogen-bond donors (Lipinski definition) is 0. The number of anilines is 2. The van der Waals surface area contributed by atoms with Crippen LogP contribution >= 0.6 is 24.0 Å². The fraction of sp³-hybridized carbons (Fsp3) is 0.226. The SMILES string of the molecule is Cc1ccc2nc(N3CCN(c4ccccc4F)CC3)c(C=C3SC(=S)N(C(C)c4ccccc4)C3=O)c(=O)n2c1. The van der Waals surface area contributed by atoms with Crippen LogP contribution in [0.15, 0.2) is 82.6 Å². The Bertz CT molecular complexity index is 1750. The van der Waals surface area contributed by atoms with Crippen molar-refractivity contribution >= 4 is 57.4 Å². The monoisotopic (exact) mass is 585 g/mol. The highest BCUT2D eigenvalue weighted by molar-refractivity contribution is 8.26. The summed E-state index contributed by atoms with van der Waals surface area (Å²) < 4.78 is 16.4. The second kappa shape index (κ2) is 11.1. The van der Waals surface area contributed by atoms with Gasteiger partial charge in [0, 0.05) is 32.4 Å². The first-order valence-electron chi connectivity index (χ1n) is 13.4. The van der Waals surface area contributed by atoms with Gasteiger partial charge < -0.3 is 9.80 Å². The molecule has 2 saturated heterocycles. The fourth-order valence-corrected chi connectivity index (χ4v) is 6.71. The van der Waals surface area contributed by atoms with Crippen LogP contribution in [-0.2, 0) is 4.79 Å². The summed E-state index contributed by atoms with van der Waals surface area (Å²) in [6, 6.07) is 20.0. The van der Waals surface area contributed by atoms with E-state index in [1.165, 1.54) is 22.2 Å². The number of thiocarbonyl (C=S) groups is 1. The number of carbonyl (C=O) groups is 1. The molecule has 1 unspecified atom stereocenters. The van der Waals surface area contributed by atoms with Gasteiger partial charge in [-0.25, -0.2) is 9.37 Å². The fourth-order valence-electron chi connectivity index (χ4n) is 5.31. The van der Waals surface area contributed by atoms with Gasteiger partial charge in [0.15, 0.2) is 0 Å². The van der Waals surface area contributed by atoms with Crippen molar-refractivity contribution in [1.82, 2.24) is 14.3 Å². The molecule has 1 amide bonds. The van der Waals surface area contributed by atoms with Gasteiger partial charge >= 0.3 is 0 Å². The number of fused-ring (bicyclic) bond motifs is 1. The topological polar surface area (TPSA) is 61.2 Å². The molecule has 0 saturated carbocycles. The predicted molar refractivity (Wildman–Crippen MR) is 167 cm³/mol. The van der Waals surface area contributed by atoms with E-state index in [-0.39, 0.29) is 23.3 Å². The molecule has 7 nitrogen and oxygen atoms in total. The summed E-state index contributed by atoms with van der Waals surface area (Å²) in [5.41, 5.74) is 3.05. The van der Waals surface area contributed by atoms with Crippen molar-refractivity contribution in [1.29, 1.82) is 0 Å². The van der Waals surface area contributed by atoms with Crippen LogP contribution in [0.25, 0.3) is 11.7 Å². The minimum absolute atomic E-state index is 0.236. The number of amides is 1. The normalized spacial score (nSPS) is 17.6. The molecule has 1 atom stereocenters. The van der Waals surface area contributed by atoms with Crippen molar-refractivity contribution in [3.05, 3.63) is 111 Å². The Hall–Kier alpha value is -4.02. The standard InChI is InChI=1S/C31H28FN5O2S2/c1-20-12-13-27-33-28(35-16-14-34(15-17-35)25-11-7-6-10-24(25)32)23(29(38)36(27)19-20)18-26-30(39)37(31(40)41-26)21(2)22-8-4-3-5-9-22/h3-13,18-19,21H,14-17H2,1-2H3. The molecule has 0 radical (unpaired) electrons. The Morgan fingerprint density at radius 3 is 2.37 bits per heavy atom. The quantitative estimate of drug-likeness (QED) is 0.229. The molecule has 41 heavy (non-hydrogen) atoms. The molecule has 208 valence electrons. The molecule has 0 bridgehead atoms. The number of benzene rings is 2. The summed E-state index contributed by atoms with van der Waals surface area (Å²) in [6.07, 6.45) is 3.39. The molecular weight excluding hydrogens is 558 g/mol. The first-order chi connectivity index (χ1) is 19.8. The Labute approximate surface area is 246 Å². The van der Waals surface area contributed by atoms with Gasteiger partial charge in [0.25, 0.3) is 11.5 Å². The second-order valence-corrected chi connectivity index (χ2v) is 11.8. The molecule has 2 fully saturated rings. The molecule has 2 aromatic heterocycles. The molecule has 10 heteroatoms. The van der Waals surface area contributed by atoms with Crippen molar-refractivity contribution < 1.29 is 9.18 Å². The van der Waals surface area contributed by atoms with Crippen LogP contribution < -0.4 is 15.4 Å². The van der Waals surface area contributed by atoms with Crippen LogP contribution in [0.3, 0.4) is 0 Å². The zero-order chi connectivity index (χ0) is 28.7. The molecule has 0 aliphatic carbocycles. The van der Waals surface area contributed by atoms with Gasteiger partial charge in [0.2, 0.25) is 0 Å². The van der Waals surface area contributed by atoms with E-state index in [1.807, 2.05) is 72.2 Å². The van der Waals surface area contributed by atoms with Crippen molar-refractivity contribution in [2.75, 3.05) is 36.0 Å². The summed E-state index contributed by atoms with van der Waals surface area (Å²) >= 11 is 6.82. The Morgan fingerprint density at radius 2 is 1.63 bits per heavy atom. The lowest BCUT2D eigenvalue weighted by molar-refractivity contribution is -0.123. The van der Waals surface area contributed by atoms with E-state index in [2.05, 4.69) is 0 Å². The van der Waals surface area contributed by atoms with Crippen LogP contribution in [0.2, 0.25) is 0 Å². The summed E-state index contributed by atoms with van der Waals surface area (Å²) in [4.78, 5) is 38.5. The molecule has 0 spiro atoms. The molecule has 4 heterocycles. The van der Waals surface area contributed by atoms with Gasteiger partial charge in [0.1, 0.15) is 21.6 Å². The summed E-state index contributed by atoms with van der Waals surface area (Å²) in [6.45, 7) is 6.06. The van der Waals surface area contributed by atoms with E-state index < -0.39 is 0 Å². The average molecular weight is 586 g/mol. The lowest BCUT2D eigenvalue weighted by atomic mass is 10.1. The van der Waals surface area contributed by atoms with Gasteiger partial charge in [-0.3, -0.25) is 18.9 Å². The molecule has 6 rings (SSSR count). The Morgan fingerprint density at radius 1 is 0.951 bits per heavy atom. The van der Waals surface area contributed by atoms with Crippen molar-refractivity contribution in [3.63, 3.8) is 0 Å². The van der Waals surface area contributed by atoms with E-state index >= 15 is 0 Å². The molecule has 0 N–H and O–H groups in total. The number of thioether (sulfide) groups is 1. The first kappa shape index (κ1) is 27.2. The molecule has 2 aliphatic rings. The number of hydrogen-bond acceptors (Lipinski definition) is 7. The average Bonchev–Trinajstić information content (AvgIpc) is 3.27. The number of halogens is 1. The van der Waals surface area contributed by atoms with E-state index in [1.54, 1.807) is 29.3 Å². The maximum Gasteiger partial charge on any atom is 0.267 e. The number of nitrogens with zero attached hydrogens (tertiary/aromatic N) is 5. The van der Waals surface area contributed by atoms with Crippen molar-refractivity contribution in [3.8, 4) is 0 Å². The van der Waals surface area contributed by atoms with Crippen molar-refractivity contribution in [2.24, 2.45) is 0 Å². The highest BCUT2D eigenvalue weighted by atomic mass is 32.2. The van der Waals surface area contributed by atoms with E-state index in [0.29, 0.717) is 58.1 Å². The smallest absolute Gasteiger partial charge is 0.267 e. The van der Waals surface area contributed by atoms with Crippen LogP contribution in [-0.4, -0.2) is 50.7 Å². The third kappa shape index (κ3) is 5.13. The van der Waals surface area contributed by atoms with Crippen LogP contribution in [0.4, 0.5) is 15.9 Å². The van der Waals surface area contributed by atoms with Gasteiger partial charge in [-0.1, -0.05) is 72.5 Å². The Balaban J connectivity index is 1.37. The third-order valence-corrected chi connectivity index (χ3v) is 8.86. The number of aryl methyl sites for hydroxylation is 1. The van der Waals surface area contributed by atoms with Crippen LogP contribution in [0, 0.1) is 12.7 Å². The lowest BCUT2D eigenvalue weighted by Crippen LogP contribution is -2.47. The number of aromatic nitrogens is 2. The second-order valence-electron chi connectivity index (χ2n) is 10.2. The van der Waals surface area contributed by atoms with Gasteiger partial charge in [-0.15, -0.1) is 0 Å². The molecule has 2 aromatic carbocycles. The minimum atomic E-state index is -0.258. The highest BCUT2D eigenvalue weighted by Gasteiger charge is 2.36. The zero-order valence-corrected chi connectivity index (χ0v) is 24.3. The number of para-hydroxylation sites is 1. The van der Waals surface area contributed by atoms with Gasteiger partial charge in [-0.2, -0.15) is 0 Å². The summed E-state index contributed by atoms with van der Waals surface area (Å²) in [5, 5.41) is 0. The van der Waals surface area contributed by atoms with Crippen molar-refractivity contribution in [2.45, 2.75) is 19.9 Å². The van der Waals surface area contributed by atoms with E-state index in [9.17, 15) is 14.0 Å². The predicted octanol–water partition coefficient (Wildman–Crippen LogP) is 5.43. The zero-order valence-electron chi connectivity index (χ0n) is 22.7. The summed E-state index contributed by atoms with van der Waals surface area (Å²) in [5.74, 6) is 0.0136. The number of pyridine rings is 1. The van der Waals surface area contributed by atoms with Gasteiger partial charge in [-0.05, 0) is 49.2 Å². The number of carbonyl (C=O) groups excluding carboxylic acids is 1. The minimum Gasteiger partial charge on any atom is -0.366 e. The number of rotatable bonds is 5. The maximum atomic E-state index is 14.4. The van der Waals surface area contributed by atoms with Crippen LogP contribution in [0.1, 0.15) is 29.7 Å². The Kier molecular flexibility index (Phi) is 7.35. The lowest BCUT2D eigenvalue weighted by Gasteiger charge is -2.37. The molecule has 4 aromatic rings. The van der Waals surface area contributed by atoms with E-state index in [4.69, 9.17) is 17.2 Å². The molecular formula is C31H28FN5O2S2. The van der Waals surface area contributed by atoms with E-state index in [0.717, 1.165) is 11.1 Å². The first-order valence-corrected chi connectivity index (χ1v) is 14.6. The van der Waals surface area contributed by atoms with Crippen LogP contribution in [0.5, 0.6) is 0 Å². The maximum absolute atomic E-state index is 14.4. The van der Waals surface area contributed by atoms with Gasteiger partial charge in [0.05, 0.1) is 22.2 Å².